The molecule has 0 fully saturated rings. The van der Waals surface area contributed by atoms with Crippen LogP contribution in [-0.4, -0.2) is 45.9 Å². The van der Waals surface area contributed by atoms with Crippen molar-refractivity contribution in [2.24, 2.45) is 5.41 Å². The van der Waals surface area contributed by atoms with Gasteiger partial charge in [-0.05, 0) is 49.7 Å². The third-order valence-electron chi connectivity index (χ3n) is 5.14. The molecule has 0 bridgehead atoms. The van der Waals surface area contributed by atoms with Crippen LogP contribution in [0.5, 0.6) is 5.75 Å². The number of rotatable bonds is 6. The molecule has 30 heavy (non-hydrogen) atoms. The topological polar surface area (TPSA) is 93.1 Å². The molecule has 7 nitrogen and oxygen atoms in total. The molecule has 2 atom stereocenters. The number of fused-ring (bicyclic) bond motifs is 1. The fraction of sp³-hybridized carbons (Fsp3) is 0.381. The minimum atomic E-state index is -3.88. The molecule has 3 rings (SSSR count). The third-order valence-corrected chi connectivity index (χ3v) is 7.40. The maximum Gasteiger partial charge on any atom is 0.313 e. The zero-order chi connectivity index (χ0) is 22.1. The van der Waals surface area contributed by atoms with Gasteiger partial charge in [-0.25, -0.2) is 8.42 Å². The SMILES string of the molecule is COC(=O)C(C)(CO)C[C@H]1CN(S(=O)(=O)c2cccc(C)c2)c2cc(Br)ccc2O1. The van der Waals surface area contributed by atoms with Crippen LogP contribution >= 0.6 is 15.9 Å². The van der Waals surface area contributed by atoms with Crippen molar-refractivity contribution >= 4 is 37.6 Å². The minimum Gasteiger partial charge on any atom is -0.486 e. The van der Waals surface area contributed by atoms with Crippen LogP contribution in [0.2, 0.25) is 0 Å². The van der Waals surface area contributed by atoms with Gasteiger partial charge in [0.25, 0.3) is 10.0 Å². The van der Waals surface area contributed by atoms with E-state index in [9.17, 15) is 18.3 Å². The summed E-state index contributed by atoms with van der Waals surface area (Å²) in [6, 6.07) is 11.8. The number of esters is 1. The van der Waals surface area contributed by atoms with Gasteiger partial charge in [-0.1, -0.05) is 28.1 Å². The molecule has 1 N–H and O–H groups in total. The number of aliphatic hydroxyl groups excluding tert-OH is 1. The number of aliphatic hydroxyl groups is 1. The first-order valence-corrected chi connectivity index (χ1v) is 11.6. The number of benzene rings is 2. The van der Waals surface area contributed by atoms with Crippen molar-refractivity contribution in [1.29, 1.82) is 0 Å². The number of anilines is 1. The molecular formula is C21H24BrNO6S. The average Bonchev–Trinajstić information content (AvgIpc) is 2.72. The van der Waals surface area contributed by atoms with Crippen LogP contribution in [0.25, 0.3) is 0 Å². The van der Waals surface area contributed by atoms with Gasteiger partial charge in [-0.15, -0.1) is 0 Å². The van der Waals surface area contributed by atoms with Gasteiger partial charge in [0.15, 0.2) is 0 Å². The van der Waals surface area contributed by atoms with Gasteiger partial charge >= 0.3 is 5.97 Å². The Morgan fingerprint density at radius 3 is 2.70 bits per heavy atom. The molecule has 2 aromatic rings. The van der Waals surface area contributed by atoms with E-state index >= 15 is 0 Å². The molecule has 0 spiro atoms. The van der Waals surface area contributed by atoms with E-state index in [-0.39, 0.29) is 17.9 Å². The molecule has 0 aliphatic carbocycles. The minimum absolute atomic E-state index is 0.00763. The number of sulfonamides is 1. The number of halogens is 1. The van der Waals surface area contributed by atoms with E-state index in [4.69, 9.17) is 9.47 Å². The third kappa shape index (κ3) is 4.33. The Labute approximate surface area is 184 Å². The number of hydrogen-bond acceptors (Lipinski definition) is 6. The zero-order valence-electron chi connectivity index (χ0n) is 17.0. The first-order chi connectivity index (χ1) is 14.1. The number of methoxy groups -OCH3 is 1. The van der Waals surface area contributed by atoms with E-state index in [0.29, 0.717) is 15.9 Å². The Balaban J connectivity index is 2.04. The lowest BCUT2D eigenvalue weighted by Crippen LogP contribution is -2.47. The van der Waals surface area contributed by atoms with Gasteiger partial charge < -0.3 is 14.6 Å². The van der Waals surface area contributed by atoms with Crippen LogP contribution in [0, 0.1) is 12.3 Å². The summed E-state index contributed by atoms with van der Waals surface area (Å²) >= 11 is 3.38. The summed E-state index contributed by atoms with van der Waals surface area (Å²) in [5.41, 5.74) is 0.0187. The first-order valence-electron chi connectivity index (χ1n) is 9.35. The maximum atomic E-state index is 13.5. The molecule has 1 aliphatic heterocycles. The fourth-order valence-corrected chi connectivity index (χ4v) is 5.44. The second kappa shape index (κ2) is 8.56. The summed E-state index contributed by atoms with van der Waals surface area (Å²) in [5.74, 6) is -0.195. The highest BCUT2D eigenvalue weighted by molar-refractivity contribution is 9.10. The highest BCUT2D eigenvalue weighted by Crippen LogP contribution is 2.41. The summed E-state index contributed by atoms with van der Waals surface area (Å²) < 4.78 is 39.8. The van der Waals surface area contributed by atoms with Crippen LogP contribution in [0.4, 0.5) is 5.69 Å². The molecule has 162 valence electrons. The van der Waals surface area contributed by atoms with Gasteiger partial charge in [0, 0.05) is 10.9 Å². The largest absolute Gasteiger partial charge is 0.486 e. The van der Waals surface area contributed by atoms with Crippen molar-refractivity contribution in [3.63, 3.8) is 0 Å². The molecule has 0 saturated carbocycles. The summed E-state index contributed by atoms with van der Waals surface area (Å²) in [5, 5.41) is 9.79. The van der Waals surface area contributed by atoms with Crippen molar-refractivity contribution in [2.45, 2.75) is 31.3 Å². The molecule has 0 saturated heterocycles. The lowest BCUT2D eigenvalue weighted by atomic mass is 9.85. The molecule has 0 radical (unpaired) electrons. The van der Waals surface area contributed by atoms with Crippen LogP contribution in [0.3, 0.4) is 0 Å². The molecule has 2 aromatic carbocycles. The Hall–Kier alpha value is -2.10. The number of carbonyl (C=O) groups excluding carboxylic acids is 1. The van der Waals surface area contributed by atoms with Crippen molar-refractivity contribution in [1.82, 2.24) is 0 Å². The van der Waals surface area contributed by atoms with Gasteiger partial charge in [0.2, 0.25) is 0 Å². The normalized spacial score (nSPS) is 18.2. The Bertz CT molecular complexity index is 1060. The number of nitrogens with zero attached hydrogens (tertiary/aromatic N) is 1. The number of ether oxygens (including phenoxy) is 2. The Morgan fingerprint density at radius 2 is 2.07 bits per heavy atom. The van der Waals surface area contributed by atoms with Crippen LogP contribution in [0.1, 0.15) is 18.9 Å². The molecule has 1 unspecified atom stereocenters. The Kier molecular flexibility index (Phi) is 6.45. The molecule has 0 aromatic heterocycles. The van der Waals surface area contributed by atoms with Crippen molar-refractivity contribution in [3.05, 3.63) is 52.5 Å². The monoisotopic (exact) mass is 497 g/mol. The van der Waals surface area contributed by atoms with Crippen LogP contribution in [-0.2, 0) is 19.6 Å². The lowest BCUT2D eigenvalue weighted by molar-refractivity contribution is -0.156. The average molecular weight is 498 g/mol. The quantitative estimate of drug-likeness (QED) is 0.615. The first kappa shape index (κ1) is 22.6. The van der Waals surface area contributed by atoms with E-state index in [1.54, 1.807) is 43.3 Å². The van der Waals surface area contributed by atoms with Crippen LogP contribution in [0.15, 0.2) is 51.8 Å². The van der Waals surface area contributed by atoms with E-state index < -0.39 is 34.1 Å². The fourth-order valence-electron chi connectivity index (χ4n) is 3.48. The van der Waals surface area contributed by atoms with Gasteiger partial charge in [-0.3, -0.25) is 9.10 Å². The van der Waals surface area contributed by atoms with Crippen molar-refractivity contribution < 1.29 is 27.8 Å². The van der Waals surface area contributed by atoms with Gasteiger partial charge in [-0.2, -0.15) is 0 Å². The van der Waals surface area contributed by atoms with Gasteiger partial charge in [0.05, 0.1) is 36.3 Å². The predicted molar refractivity (Wildman–Crippen MR) is 116 cm³/mol. The highest BCUT2D eigenvalue weighted by Gasteiger charge is 2.42. The van der Waals surface area contributed by atoms with Crippen molar-refractivity contribution in [3.8, 4) is 5.75 Å². The smallest absolute Gasteiger partial charge is 0.313 e. The Morgan fingerprint density at radius 1 is 1.33 bits per heavy atom. The van der Waals surface area contributed by atoms with E-state index in [1.807, 2.05) is 13.0 Å². The lowest BCUT2D eigenvalue weighted by Gasteiger charge is -2.38. The molecule has 0 amide bonds. The molecule has 1 aliphatic rings. The van der Waals surface area contributed by atoms with E-state index in [1.165, 1.54) is 11.4 Å². The number of hydrogen-bond donors (Lipinski definition) is 1. The van der Waals surface area contributed by atoms with E-state index in [0.717, 1.165) is 5.56 Å². The van der Waals surface area contributed by atoms with Crippen LogP contribution < -0.4 is 9.04 Å². The zero-order valence-corrected chi connectivity index (χ0v) is 19.4. The predicted octanol–water partition coefficient (Wildman–Crippen LogP) is 3.28. The van der Waals surface area contributed by atoms with Crippen molar-refractivity contribution in [2.75, 3.05) is 24.6 Å². The standard InChI is InChI=1S/C21H24BrNO6S/c1-14-5-4-6-17(9-14)30(26,27)23-12-16(11-21(2,13-24)20(25)28-3)29-19-8-7-15(22)10-18(19)23/h4-10,16,24H,11-13H2,1-3H3/t16-,21?/m0/s1. The number of aryl methyl sites for hydroxylation is 1. The second-order valence-electron chi connectivity index (χ2n) is 7.62. The second-order valence-corrected chi connectivity index (χ2v) is 10.4. The maximum absolute atomic E-state index is 13.5. The summed E-state index contributed by atoms with van der Waals surface area (Å²) in [7, 11) is -2.63. The summed E-state index contributed by atoms with van der Waals surface area (Å²) in [6.07, 6.45) is -0.569. The molecular weight excluding hydrogens is 474 g/mol. The highest BCUT2D eigenvalue weighted by atomic mass is 79.9. The van der Waals surface area contributed by atoms with E-state index in [2.05, 4.69) is 15.9 Å². The summed E-state index contributed by atoms with van der Waals surface area (Å²) in [4.78, 5) is 12.4. The van der Waals surface area contributed by atoms with Gasteiger partial charge in [0.1, 0.15) is 11.9 Å². The molecule has 1 heterocycles. The molecule has 9 heteroatoms. The number of carbonyl (C=O) groups is 1. The summed E-state index contributed by atoms with van der Waals surface area (Å²) in [6.45, 7) is 2.94.